The lowest BCUT2D eigenvalue weighted by Gasteiger charge is -2.08. The molecule has 0 saturated carbocycles. The number of carbonyl (C=O) groups excluding carboxylic acids is 1. The molecule has 0 heterocycles. The maximum absolute atomic E-state index is 13.6. The average molecular weight is 256 g/mol. The van der Waals surface area contributed by atoms with Crippen LogP contribution in [0.4, 0.5) is 15.8 Å². The van der Waals surface area contributed by atoms with E-state index >= 15 is 0 Å². The van der Waals surface area contributed by atoms with Crippen molar-refractivity contribution in [2.75, 3.05) is 18.5 Å². The van der Waals surface area contributed by atoms with Crippen LogP contribution in [-0.4, -0.2) is 24.0 Å². The van der Waals surface area contributed by atoms with Crippen molar-refractivity contribution in [1.82, 2.24) is 0 Å². The van der Waals surface area contributed by atoms with Crippen LogP contribution in [-0.2, 0) is 4.74 Å². The summed E-state index contributed by atoms with van der Waals surface area (Å²) >= 11 is 0. The van der Waals surface area contributed by atoms with Gasteiger partial charge in [-0.15, -0.1) is 0 Å². The van der Waals surface area contributed by atoms with Gasteiger partial charge in [-0.05, 0) is 13.8 Å². The first-order chi connectivity index (χ1) is 8.51. The van der Waals surface area contributed by atoms with Crippen LogP contribution in [0.2, 0.25) is 0 Å². The Morgan fingerprint density at radius 2 is 2.17 bits per heavy atom. The van der Waals surface area contributed by atoms with E-state index < -0.39 is 22.3 Å². The molecule has 18 heavy (non-hydrogen) atoms. The lowest BCUT2D eigenvalue weighted by atomic mass is 10.1. The zero-order valence-corrected chi connectivity index (χ0v) is 10.0. The molecule has 0 aliphatic carbocycles. The maximum Gasteiger partial charge on any atom is 0.341 e. The van der Waals surface area contributed by atoms with Gasteiger partial charge in [0.25, 0.3) is 5.69 Å². The van der Waals surface area contributed by atoms with Gasteiger partial charge < -0.3 is 10.1 Å². The van der Waals surface area contributed by atoms with E-state index in [1.807, 2.05) is 0 Å². The summed E-state index contributed by atoms with van der Waals surface area (Å²) in [5, 5.41) is 13.5. The van der Waals surface area contributed by atoms with Crippen molar-refractivity contribution in [3.8, 4) is 0 Å². The van der Waals surface area contributed by atoms with Crippen molar-refractivity contribution >= 4 is 17.3 Å². The minimum atomic E-state index is -0.916. The molecule has 0 radical (unpaired) electrons. The summed E-state index contributed by atoms with van der Waals surface area (Å²) in [6.45, 7) is 3.76. The van der Waals surface area contributed by atoms with Crippen LogP contribution in [0.3, 0.4) is 0 Å². The van der Waals surface area contributed by atoms with Crippen molar-refractivity contribution in [3.63, 3.8) is 0 Å². The van der Waals surface area contributed by atoms with Crippen LogP contribution in [0, 0.1) is 15.9 Å². The van der Waals surface area contributed by atoms with Crippen molar-refractivity contribution in [3.05, 3.63) is 33.6 Å². The van der Waals surface area contributed by atoms with E-state index in [-0.39, 0.29) is 18.0 Å². The molecule has 0 saturated heterocycles. The monoisotopic (exact) mass is 256 g/mol. The van der Waals surface area contributed by atoms with E-state index in [1.54, 1.807) is 13.8 Å². The highest BCUT2D eigenvalue weighted by Crippen LogP contribution is 2.28. The van der Waals surface area contributed by atoms with Gasteiger partial charge in [0.05, 0.1) is 11.5 Å². The predicted molar refractivity (Wildman–Crippen MR) is 63.2 cm³/mol. The summed E-state index contributed by atoms with van der Waals surface area (Å²) in [5.41, 5.74) is -0.764. The molecule has 7 heteroatoms. The lowest BCUT2D eigenvalue weighted by molar-refractivity contribution is -0.384. The molecule has 0 fully saturated rings. The number of nitro benzene ring substituents is 1. The van der Waals surface area contributed by atoms with Crippen LogP contribution in [0.5, 0.6) is 0 Å². The van der Waals surface area contributed by atoms with Crippen LogP contribution < -0.4 is 5.32 Å². The van der Waals surface area contributed by atoms with Gasteiger partial charge in [0.2, 0.25) is 0 Å². The molecule has 0 atom stereocenters. The van der Waals surface area contributed by atoms with Crippen LogP contribution >= 0.6 is 0 Å². The number of rotatable bonds is 5. The number of hydrogen-bond acceptors (Lipinski definition) is 5. The average Bonchev–Trinajstić information content (AvgIpc) is 2.29. The van der Waals surface area contributed by atoms with E-state index in [9.17, 15) is 19.3 Å². The normalized spacial score (nSPS) is 9.94. The van der Waals surface area contributed by atoms with Gasteiger partial charge >= 0.3 is 5.97 Å². The van der Waals surface area contributed by atoms with Crippen molar-refractivity contribution in [1.29, 1.82) is 0 Å². The second-order valence-electron chi connectivity index (χ2n) is 3.36. The molecular formula is C11H13FN2O4. The molecule has 0 spiro atoms. The number of carbonyl (C=O) groups is 1. The summed E-state index contributed by atoms with van der Waals surface area (Å²) in [6.07, 6.45) is 0. The zero-order chi connectivity index (χ0) is 13.7. The number of anilines is 1. The highest BCUT2D eigenvalue weighted by atomic mass is 19.1. The Kier molecular flexibility index (Phi) is 4.59. The molecule has 1 rings (SSSR count). The maximum atomic E-state index is 13.6. The number of benzene rings is 1. The highest BCUT2D eigenvalue weighted by Gasteiger charge is 2.22. The molecule has 0 amide bonds. The topological polar surface area (TPSA) is 81.5 Å². The largest absolute Gasteiger partial charge is 0.462 e. The fourth-order valence-corrected chi connectivity index (χ4v) is 1.41. The third kappa shape index (κ3) is 2.93. The Bertz CT molecular complexity index is 476. The Hall–Kier alpha value is -2.18. The van der Waals surface area contributed by atoms with Crippen molar-refractivity contribution in [2.24, 2.45) is 0 Å². The Morgan fingerprint density at radius 1 is 1.50 bits per heavy atom. The number of nitro groups is 1. The summed E-state index contributed by atoms with van der Waals surface area (Å²) in [6, 6.07) is 1.80. The molecule has 1 N–H and O–H groups in total. The molecule has 98 valence electrons. The van der Waals surface area contributed by atoms with Crippen LogP contribution in [0.15, 0.2) is 12.1 Å². The number of esters is 1. The SMILES string of the molecule is CCNc1cc(F)c(C(=O)OCC)cc1[N+](=O)[O-]. The smallest absolute Gasteiger partial charge is 0.341 e. The van der Waals surface area contributed by atoms with Gasteiger partial charge in [-0.25, -0.2) is 9.18 Å². The fraction of sp³-hybridized carbons (Fsp3) is 0.364. The molecule has 6 nitrogen and oxygen atoms in total. The first-order valence-electron chi connectivity index (χ1n) is 5.40. The highest BCUT2D eigenvalue weighted by molar-refractivity contribution is 5.91. The number of ether oxygens (including phenoxy) is 1. The molecule has 0 aliphatic heterocycles. The zero-order valence-electron chi connectivity index (χ0n) is 10.0. The third-order valence-electron chi connectivity index (χ3n) is 2.14. The standard InChI is InChI=1S/C11H13FN2O4/c1-3-13-9-6-8(12)7(11(15)18-4-2)5-10(9)14(16)17/h5-6,13H,3-4H2,1-2H3. The second kappa shape index (κ2) is 5.95. The summed E-state index contributed by atoms with van der Waals surface area (Å²) in [5.74, 6) is -1.77. The summed E-state index contributed by atoms with van der Waals surface area (Å²) in [4.78, 5) is 21.6. The van der Waals surface area contributed by atoms with Crippen LogP contribution in [0.25, 0.3) is 0 Å². The van der Waals surface area contributed by atoms with E-state index in [0.717, 1.165) is 12.1 Å². The minimum Gasteiger partial charge on any atom is -0.462 e. The lowest BCUT2D eigenvalue weighted by Crippen LogP contribution is -2.10. The predicted octanol–water partition coefficient (Wildman–Crippen LogP) is 2.34. The molecule has 1 aromatic rings. The van der Waals surface area contributed by atoms with Crippen molar-refractivity contribution in [2.45, 2.75) is 13.8 Å². The number of hydrogen-bond donors (Lipinski definition) is 1. The molecular weight excluding hydrogens is 243 g/mol. The van der Waals surface area contributed by atoms with Gasteiger partial charge in [-0.3, -0.25) is 10.1 Å². The summed E-state index contributed by atoms with van der Waals surface area (Å²) < 4.78 is 18.2. The number of halogens is 1. The summed E-state index contributed by atoms with van der Waals surface area (Å²) in [7, 11) is 0. The van der Waals surface area contributed by atoms with Gasteiger partial charge in [-0.1, -0.05) is 0 Å². The van der Waals surface area contributed by atoms with Gasteiger partial charge in [0, 0.05) is 18.7 Å². The Morgan fingerprint density at radius 3 is 2.67 bits per heavy atom. The van der Waals surface area contributed by atoms with Gasteiger partial charge in [-0.2, -0.15) is 0 Å². The minimum absolute atomic E-state index is 0.0352. The molecule has 0 unspecified atom stereocenters. The fourth-order valence-electron chi connectivity index (χ4n) is 1.41. The van der Waals surface area contributed by atoms with Crippen LogP contribution in [0.1, 0.15) is 24.2 Å². The molecule has 0 aromatic heterocycles. The number of nitrogens with zero attached hydrogens (tertiary/aromatic N) is 1. The third-order valence-corrected chi connectivity index (χ3v) is 2.14. The Balaban J connectivity index is 3.26. The van der Waals surface area contributed by atoms with E-state index in [0.29, 0.717) is 6.54 Å². The number of nitrogens with one attached hydrogen (secondary N) is 1. The van der Waals surface area contributed by atoms with E-state index in [1.165, 1.54) is 0 Å². The quantitative estimate of drug-likeness (QED) is 0.496. The van der Waals surface area contributed by atoms with E-state index in [2.05, 4.69) is 10.1 Å². The first kappa shape index (κ1) is 13.9. The second-order valence-corrected chi connectivity index (χ2v) is 3.36. The molecule has 1 aromatic carbocycles. The van der Waals surface area contributed by atoms with Crippen molar-refractivity contribution < 1.29 is 18.8 Å². The van der Waals surface area contributed by atoms with E-state index in [4.69, 9.17) is 0 Å². The first-order valence-corrected chi connectivity index (χ1v) is 5.40. The van der Waals surface area contributed by atoms with Gasteiger partial charge in [0.15, 0.2) is 0 Å². The molecule has 0 aliphatic rings. The van der Waals surface area contributed by atoms with Gasteiger partial charge in [0.1, 0.15) is 17.1 Å². The molecule has 0 bridgehead atoms. The Labute approximate surface area is 103 Å².